The number of aromatic nitrogens is 1. The molecule has 0 atom stereocenters. The number of rotatable bonds is 3. The molecule has 0 spiro atoms. The van der Waals surface area contributed by atoms with Crippen molar-refractivity contribution in [2.45, 2.75) is 13.3 Å². The fourth-order valence-electron chi connectivity index (χ4n) is 1.13. The molecule has 17 heavy (non-hydrogen) atoms. The standard InChI is InChI=1S/C9H8F3NO4/c1-4-5(8(14)15)3-6(7(13-4)16-2)17-9(10,11)12/h3H,1-2H3,(H,14,15). The van der Waals surface area contributed by atoms with Gasteiger partial charge in [-0.2, -0.15) is 0 Å². The van der Waals surface area contributed by atoms with Crippen LogP contribution in [0.3, 0.4) is 0 Å². The second kappa shape index (κ2) is 4.48. The maximum absolute atomic E-state index is 12.0. The average Bonchev–Trinajstić information content (AvgIpc) is 2.17. The van der Waals surface area contributed by atoms with E-state index in [1.807, 2.05) is 0 Å². The number of hydrogen-bond acceptors (Lipinski definition) is 4. The largest absolute Gasteiger partial charge is 0.573 e. The van der Waals surface area contributed by atoms with E-state index in [4.69, 9.17) is 5.11 Å². The van der Waals surface area contributed by atoms with Crippen LogP contribution in [0.1, 0.15) is 16.1 Å². The molecule has 1 aromatic rings. The predicted molar refractivity (Wildman–Crippen MR) is 49.2 cm³/mol. The third-order valence-corrected chi connectivity index (χ3v) is 1.79. The Morgan fingerprint density at radius 3 is 2.47 bits per heavy atom. The van der Waals surface area contributed by atoms with E-state index in [2.05, 4.69) is 14.5 Å². The molecule has 0 unspecified atom stereocenters. The lowest BCUT2D eigenvalue weighted by Gasteiger charge is -2.13. The number of pyridine rings is 1. The number of carboxylic acid groups (broad SMARTS) is 1. The number of alkyl halides is 3. The molecule has 94 valence electrons. The van der Waals surface area contributed by atoms with Gasteiger partial charge in [0.15, 0.2) is 5.75 Å². The normalized spacial score (nSPS) is 11.1. The lowest BCUT2D eigenvalue weighted by Crippen LogP contribution is -2.18. The molecule has 5 nitrogen and oxygen atoms in total. The van der Waals surface area contributed by atoms with Crippen LogP contribution in [-0.2, 0) is 0 Å². The highest BCUT2D eigenvalue weighted by molar-refractivity contribution is 5.89. The Bertz CT molecular complexity index is 445. The molecule has 0 aliphatic carbocycles. The Morgan fingerprint density at radius 1 is 1.47 bits per heavy atom. The lowest BCUT2D eigenvalue weighted by atomic mass is 10.2. The van der Waals surface area contributed by atoms with E-state index in [0.717, 1.165) is 13.2 Å². The van der Waals surface area contributed by atoms with Crippen LogP contribution >= 0.6 is 0 Å². The summed E-state index contributed by atoms with van der Waals surface area (Å²) >= 11 is 0. The minimum Gasteiger partial charge on any atom is -0.478 e. The van der Waals surface area contributed by atoms with Gasteiger partial charge >= 0.3 is 12.3 Å². The van der Waals surface area contributed by atoms with E-state index in [9.17, 15) is 18.0 Å². The van der Waals surface area contributed by atoms with Crippen molar-refractivity contribution in [1.82, 2.24) is 4.98 Å². The van der Waals surface area contributed by atoms with E-state index in [1.54, 1.807) is 0 Å². The summed E-state index contributed by atoms with van der Waals surface area (Å²) in [5.41, 5.74) is -0.353. The molecule has 0 aromatic carbocycles. The Balaban J connectivity index is 3.26. The number of aryl methyl sites for hydroxylation is 1. The first-order valence-electron chi connectivity index (χ1n) is 4.29. The molecule has 0 bridgehead atoms. The highest BCUT2D eigenvalue weighted by Crippen LogP contribution is 2.32. The van der Waals surface area contributed by atoms with Gasteiger partial charge < -0.3 is 14.6 Å². The lowest BCUT2D eigenvalue weighted by molar-refractivity contribution is -0.275. The van der Waals surface area contributed by atoms with Gasteiger partial charge in [-0.05, 0) is 6.92 Å². The van der Waals surface area contributed by atoms with E-state index < -0.39 is 24.0 Å². The molecule has 1 aromatic heterocycles. The van der Waals surface area contributed by atoms with Crippen molar-refractivity contribution in [1.29, 1.82) is 0 Å². The zero-order valence-electron chi connectivity index (χ0n) is 8.83. The zero-order chi connectivity index (χ0) is 13.2. The van der Waals surface area contributed by atoms with E-state index in [0.29, 0.717) is 0 Å². The number of aromatic carboxylic acids is 1. The molecule has 0 radical (unpaired) electrons. The smallest absolute Gasteiger partial charge is 0.478 e. The number of nitrogens with zero attached hydrogens (tertiary/aromatic N) is 1. The van der Waals surface area contributed by atoms with Crippen LogP contribution in [-0.4, -0.2) is 29.5 Å². The van der Waals surface area contributed by atoms with Crippen LogP contribution in [0.5, 0.6) is 11.6 Å². The van der Waals surface area contributed by atoms with Crippen molar-refractivity contribution >= 4 is 5.97 Å². The summed E-state index contributed by atoms with van der Waals surface area (Å²) in [4.78, 5) is 14.3. The molecule has 0 aliphatic rings. The second-order valence-electron chi connectivity index (χ2n) is 2.98. The Labute approximate surface area is 93.8 Å². The average molecular weight is 251 g/mol. The highest BCUT2D eigenvalue weighted by Gasteiger charge is 2.33. The zero-order valence-corrected chi connectivity index (χ0v) is 8.83. The van der Waals surface area contributed by atoms with Crippen molar-refractivity contribution in [3.05, 3.63) is 17.3 Å². The number of carbonyl (C=O) groups is 1. The van der Waals surface area contributed by atoms with Gasteiger partial charge in [0.05, 0.1) is 18.4 Å². The van der Waals surface area contributed by atoms with Crippen LogP contribution in [0.4, 0.5) is 13.2 Å². The van der Waals surface area contributed by atoms with Gasteiger partial charge in [0, 0.05) is 6.07 Å². The summed E-state index contributed by atoms with van der Waals surface area (Å²) in [5.74, 6) is -2.61. The molecule has 0 saturated carbocycles. The number of methoxy groups -OCH3 is 1. The number of carboxylic acids is 1. The third kappa shape index (κ3) is 3.23. The van der Waals surface area contributed by atoms with Gasteiger partial charge in [-0.25, -0.2) is 9.78 Å². The fourth-order valence-corrected chi connectivity index (χ4v) is 1.13. The topological polar surface area (TPSA) is 68.7 Å². The van der Waals surface area contributed by atoms with E-state index in [1.165, 1.54) is 6.92 Å². The SMILES string of the molecule is COc1nc(C)c(C(=O)O)cc1OC(F)(F)F. The number of hydrogen-bond donors (Lipinski definition) is 1. The van der Waals surface area contributed by atoms with Crippen molar-refractivity contribution in [2.75, 3.05) is 7.11 Å². The van der Waals surface area contributed by atoms with Crippen molar-refractivity contribution in [3.8, 4) is 11.6 Å². The van der Waals surface area contributed by atoms with Crippen molar-refractivity contribution in [2.24, 2.45) is 0 Å². The summed E-state index contributed by atoms with van der Waals surface area (Å²) in [6.45, 7) is 1.34. The number of ether oxygens (including phenoxy) is 2. The third-order valence-electron chi connectivity index (χ3n) is 1.79. The summed E-state index contributed by atoms with van der Waals surface area (Å²) in [6.07, 6.45) is -4.94. The van der Waals surface area contributed by atoms with Crippen LogP contribution in [0.25, 0.3) is 0 Å². The predicted octanol–water partition coefficient (Wildman–Crippen LogP) is 2.00. The molecule has 0 fully saturated rings. The minimum atomic E-state index is -4.94. The molecule has 1 rings (SSSR count). The van der Waals surface area contributed by atoms with Gasteiger partial charge in [0.2, 0.25) is 0 Å². The van der Waals surface area contributed by atoms with Crippen LogP contribution in [0, 0.1) is 6.92 Å². The van der Waals surface area contributed by atoms with Gasteiger partial charge in [-0.15, -0.1) is 13.2 Å². The Hall–Kier alpha value is -1.99. The first-order valence-corrected chi connectivity index (χ1v) is 4.29. The summed E-state index contributed by atoms with van der Waals surface area (Å²) in [5, 5.41) is 8.73. The van der Waals surface area contributed by atoms with Crippen molar-refractivity contribution < 1.29 is 32.5 Å². The van der Waals surface area contributed by atoms with Gasteiger partial charge in [-0.1, -0.05) is 0 Å². The quantitative estimate of drug-likeness (QED) is 0.889. The second-order valence-corrected chi connectivity index (χ2v) is 2.98. The van der Waals surface area contributed by atoms with Gasteiger partial charge in [0.25, 0.3) is 5.88 Å². The monoisotopic (exact) mass is 251 g/mol. The highest BCUT2D eigenvalue weighted by atomic mass is 19.4. The molecule has 1 heterocycles. The summed E-state index contributed by atoms with van der Waals surface area (Å²) < 4.78 is 44.3. The number of halogens is 3. The Kier molecular flexibility index (Phi) is 3.45. The minimum absolute atomic E-state index is 0.0314. The molecular weight excluding hydrogens is 243 g/mol. The molecule has 0 saturated heterocycles. The van der Waals surface area contributed by atoms with Gasteiger partial charge in [-0.3, -0.25) is 0 Å². The van der Waals surface area contributed by atoms with Gasteiger partial charge in [0.1, 0.15) is 0 Å². The maximum Gasteiger partial charge on any atom is 0.573 e. The Morgan fingerprint density at radius 2 is 2.06 bits per heavy atom. The molecule has 0 aliphatic heterocycles. The summed E-state index contributed by atoms with van der Waals surface area (Å²) in [7, 11) is 1.10. The van der Waals surface area contributed by atoms with Crippen LogP contribution < -0.4 is 9.47 Å². The van der Waals surface area contributed by atoms with E-state index >= 15 is 0 Å². The first kappa shape index (κ1) is 13.1. The summed E-state index contributed by atoms with van der Waals surface area (Å²) in [6, 6.07) is 0.719. The molecular formula is C9H8F3NO4. The fraction of sp³-hybridized carbons (Fsp3) is 0.333. The molecule has 8 heteroatoms. The molecule has 1 N–H and O–H groups in total. The maximum atomic E-state index is 12.0. The van der Waals surface area contributed by atoms with Crippen LogP contribution in [0.15, 0.2) is 6.07 Å². The van der Waals surface area contributed by atoms with E-state index in [-0.39, 0.29) is 11.3 Å². The first-order chi connectivity index (χ1) is 7.74. The van der Waals surface area contributed by atoms with Crippen molar-refractivity contribution in [3.63, 3.8) is 0 Å². The molecule has 0 amide bonds. The van der Waals surface area contributed by atoms with Crippen LogP contribution in [0.2, 0.25) is 0 Å².